The Kier molecular flexibility index (Phi) is 6.01. The third kappa shape index (κ3) is 5.07. The largest absolute Gasteiger partial charge is 0.417 e. The minimum atomic E-state index is -4.76. The first-order valence-corrected chi connectivity index (χ1v) is 10.7. The van der Waals surface area contributed by atoms with Gasteiger partial charge in [-0.2, -0.15) is 21.6 Å². The van der Waals surface area contributed by atoms with Crippen molar-refractivity contribution in [3.63, 3.8) is 0 Å². The monoisotopic (exact) mass is 476 g/mol. The molecule has 0 saturated heterocycles. The van der Waals surface area contributed by atoms with Gasteiger partial charge >= 0.3 is 6.18 Å². The molecule has 1 aromatic heterocycles. The number of hydrogen-bond donors (Lipinski definition) is 2. The lowest BCUT2D eigenvalue weighted by molar-refractivity contribution is -0.137. The van der Waals surface area contributed by atoms with Crippen molar-refractivity contribution < 1.29 is 26.4 Å². The zero-order chi connectivity index (χ0) is 22.1. The lowest BCUT2D eigenvalue weighted by Crippen LogP contribution is -2.14. The Labute approximate surface area is 178 Å². The first-order chi connectivity index (χ1) is 14.0. The topological polar surface area (TPSA) is 101 Å². The van der Waals surface area contributed by atoms with Crippen molar-refractivity contribution >= 4 is 49.7 Å². The molecule has 3 rings (SSSR count). The van der Waals surface area contributed by atoms with E-state index in [0.29, 0.717) is 23.0 Å². The Balaban J connectivity index is 1.78. The van der Waals surface area contributed by atoms with Crippen LogP contribution in [0.15, 0.2) is 46.8 Å². The Morgan fingerprint density at radius 3 is 2.53 bits per heavy atom. The van der Waals surface area contributed by atoms with E-state index in [9.17, 15) is 26.4 Å². The number of sulfonamides is 1. The molecule has 0 aliphatic heterocycles. The van der Waals surface area contributed by atoms with Crippen LogP contribution in [0.25, 0.3) is 0 Å². The highest BCUT2D eigenvalue weighted by Gasteiger charge is 2.34. The van der Waals surface area contributed by atoms with Crippen LogP contribution >= 0.6 is 22.9 Å². The van der Waals surface area contributed by atoms with Crippen molar-refractivity contribution in [2.24, 2.45) is 0 Å². The summed E-state index contributed by atoms with van der Waals surface area (Å²) < 4.78 is 65.2. The molecule has 0 bridgehead atoms. The molecule has 0 radical (unpaired) electrons. The van der Waals surface area contributed by atoms with Gasteiger partial charge in [-0.1, -0.05) is 40.6 Å². The van der Waals surface area contributed by atoms with Crippen molar-refractivity contribution in [2.45, 2.75) is 17.4 Å². The van der Waals surface area contributed by atoms with Crippen LogP contribution < -0.4 is 10.0 Å². The van der Waals surface area contributed by atoms with Crippen LogP contribution in [-0.2, 0) is 16.2 Å². The second-order valence-corrected chi connectivity index (χ2v) is 9.24. The molecule has 2 N–H and O–H groups in total. The van der Waals surface area contributed by atoms with Gasteiger partial charge in [0.15, 0.2) is 0 Å². The molecule has 13 heteroatoms. The molecule has 7 nitrogen and oxygen atoms in total. The number of benzene rings is 2. The normalized spacial score (nSPS) is 11.9. The lowest BCUT2D eigenvalue weighted by Gasteiger charge is -2.11. The summed E-state index contributed by atoms with van der Waals surface area (Å²) in [6.07, 6.45) is -4.76. The molecular formula is C17H12ClF3N4O3S2. The van der Waals surface area contributed by atoms with Crippen molar-refractivity contribution in [2.75, 3.05) is 10.0 Å². The van der Waals surface area contributed by atoms with Crippen LogP contribution in [0.4, 0.5) is 24.0 Å². The molecule has 0 unspecified atom stereocenters. The van der Waals surface area contributed by atoms with E-state index < -0.39 is 37.0 Å². The molecule has 0 atom stereocenters. The molecule has 158 valence electrons. The summed E-state index contributed by atoms with van der Waals surface area (Å²) in [6, 6.07) is 9.27. The molecule has 2 aromatic carbocycles. The highest BCUT2D eigenvalue weighted by Crippen LogP contribution is 2.36. The molecule has 1 amide bonds. The Morgan fingerprint density at radius 1 is 1.13 bits per heavy atom. The number of aryl methyl sites for hydroxylation is 1. The van der Waals surface area contributed by atoms with Gasteiger partial charge in [0, 0.05) is 11.3 Å². The van der Waals surface area contributed by atoms with E-state index in [0.717, 1.165) is 17.7 Å². The lowest BCUT2D eigenvalue weighted by atomic mass is 10.1. The predicted molar refractivity (Wildman–Crippen MR) is 106 cm³/mol. The van der Waals surface area contributed by atoms with Crippen molar-refractivity contribution in [1.29, 1.82) is 0 Å². The van der Waals surface area contributed by atoms with Crippen LogP contribution in [0.5, 0.6) is 0 Å². The zero-order valence-corrected chi connectivity index (χ0v) is 17.4. The Morgan fingerprint density at radius 2 is 1.87 bits per heavy atom. The molecule has 0 aliphatic rings. The maximum Gasteiger partial charge on any atom is 0.417 e. The number of carbonyl (C=O) groups excluding carboxylic acids is 1. The highest BCUT2D eigenvalue weighted by atomic mass is 35.5. The molecule has 1 heterocycles. The van der Waals surface area contributed by atoms with E-state index >= 15 is 0 Å². The summed E-state index contributed by atoms with van der Waals surface area (Å²) in [5.41, 5.74) is -0.345. The van der Waals surface area contributed by atoms with E-state index in [-0.39, 0.29) is 10.8 Å². The third-order valence-electron chi connectivity index (χ3n) is 3.66. The summed E-state index contributed by atoms with van der Waals surface area (Å²) in [5.74, 6) is -0.515. The average molecular weight is 477 g/mol. The Hall–Kier alpha value is -2.70. The first-order valence-electron chi connectivity index (χ1n) is 8.07. The fraction of sp³-hybridized carbons (Fsp3) is 0.118. The smallest absolute Gasteiger partial charge is 0.296 e. The molecule has 0 spiro atoms. The van der Waals surface area contributed by atoms with Gasteiger partial charge in [-0.25, -0.2) is 0 Å². The second-order valence-electron chi connectivity index (χ2n) is 5.99. The second kappa shape index (κ2) is 8.20. The van der Waals surface area contributed by atoms with Crippen molar-refractivity contribution in [3.8, 4) is 0 Å². The summed E-state index contributed by atoms with van der Waals surface area (Å²) in [5, 5.41) is 8.86. The van der Waals surface area contributed by atoms with Gasteiger partial charge in [0.25, 0.3) is 20.3 Å². The molecule has 0 aliphatic carbocycles. The van der Waals surface area contributed by atoms with E-state index in [4.69, 9.17) is 11.6 Å². The molecule has 0 saturated carbocycles. The summed E-state index contributed by atoms with van der Waals surface area (Å²) in [7, 11) is -4.34. The summed E-state index contributed by atoms with van der Waals surface area (Å²) in [4.78, 5) is 12.2. The molecule has 3 aromatic rings. The zero-order valence-electron chi connectivity index (χ0n) is 15.0. The number of hydrogen-bond acceptors (Lipinski definition) is 6. The summed E-state index contributed by atoms with van der Waals surface area (Å²) in [6.45, 7) is 1.80. The first kappa shape index (κ1) is 22.0. The van der Waals surface area contributed by atoms with Gasteiger partial charge in [-0.15, -0.1) is 10.2 Å². The van der Waals surface area contributed by atoms with E-state index in [1.165, 1.54) is 0 Å². The van der Waals surface area contributed by atoms with Crippen LogP contribution in [-0.4, -0.2) is 24.5 Å². The van der Waals surface area contributed by atoms with Crippen molar-refractivity contribution in [1.82, 2.24) is 10.2 Å². The molecular weight excluding hydrogens is 465 g/mol. The number of anilines is 2. The quantitative estimate of drug-likeness (QED) is 0.525. The number of aromatic nitrogens is 2. The summed E-state index contributed by atoms with van der Waals surface area (Å²) >= 11 is 6.07. The van der Waals surface area contributed by atoms with E-state index in [1.54, 1.807) is 31.2 Å². The van der Waals surface area contributed by atoms with Gasteiger partial charge in [0.2, 0.25) is 5.13 Å². The van der Waals surface area contributed by atoms with Gasteiger partial charge in [-0.3, -0.25) is 14.8 Å². The number of nitrogens with zero attached hydrogens (tertiary/aromatic N) is 2. The number of carbonyl (C=O) groups is 1. The average Bonchev–Trinajstić information content (AvgIpc) is 3.12. The number of amides is 1. The Bertz CT molecular complexity index is 1210. The van der Waals surface area contributed by atoms with Crippen LogP contribution in [0.1, 0.15) is 21.5 Å². The number of nitrogens with one attached hydrogen (secondary N) is 2. The molecule has 0 fully saturated rings. The van der Waals surface area contributed by atoms with Crippen molar-refractivity contribution in [3.05, 3.63) is 64.2 Å². The van der Waals surface area contributed by atoms with Gasteiger partial charge in [-0.05, 0) is 37.3 Å². The fourth-order valence-corrected chi connectivity index (χ4v) is 4.50. The SMILES string of the molecule is Cc1cccc(C(=O)Nc2nnc(S(=O)(=O)Nc3ccc(Cl)c(C(F)(F)F)c3)s2)c1. The van der Waals surface area contributed by atoms with E-state index in [2.05, 4.69) is 15.5 Å². The minimum absolute atomic E-state index is 0.0889. The predicted octanol–water partition coefficient (Wildman–Crippen LogP) is 4.57. The van der Waals surface area contributed by atoms with Crippen LogP contribution in [0.2, 0.25) is 5.02 Å². The third-order valence-corrected chi connectivity index (χ3v) is 6.58. The highest BCUT2D eigenvalue weighted by molar-refractivity contribution is 7.94. The fourth-order valence-electron chi connectivity index (χ4n) is 2.33. The standard InChI is InChI=1S/C17H12ClF3N4O3S2/c1-9-3-2-4-10(7-9)14(26)22-15-23-24-16(29-15)30(27,28)25-11-5-6-13(18)12(8-11)17(19,20)21/h2-8,25H,1H3,(H,22,23,26). The number of rotatable bonds is 5. The van der Waals surface area contributed by atoms with E-state index in [1.807, 2.05) is 4.72 Å². The van der Waals surface area contributed by atoms with Gasteiger partial charge in [0.05, 0.1) is 10.6 Å². The number of halogens is 4. The molecule has 30 heavy (non-hydrogen) atoms. The van der Waals surface area contributed by atoms with Crippen LogP contribution in [0, 0.1) is 6.92 Å². The van der Waals surface area contributed by atoms with Gasteiger partial charge < -0.3 is 0 Å². The maximum absolute atomic E-state index is 13.0. The maximum atomic E-state index is 13.0. The van der Waals surface area contributed by atoms with Crippen LogP contribution in [0.3, 0.4) is 0 Å². The van der Waals surface area contributed by atoms with Gasteiger partial charge in [0.1, 0.15) is 0 Å². The minimum Gasteiger partial charge on any atom is -0.296 e. The number of alkyl halides is 3.